The van der Waals surface area contributed by atoms with Gasteiger partial charge in [0, 0.05) is 44.5 Å². The molecule has 2 heterocycles. The zero-order chi connectivity index (χ0) is 19.5. The summed E-state index contributed by atoms with van der Waals surface area (Å²) in [6.45, 7) is 9.05. The van der Waals surface area contributed by atoms with E-state index in [-0.39, 0.29) is 18.7 Å². The van der Waals surface area contributed by atoms with E-state index < -0.39 is 0 Å². The predicted octanol–water partition coefficient (Wildman–Crippen LogP) is 2.87. The van der Waals surface area contributed by atoms with Crippen molar-refractivity contribution in [1.29, 1.82) is 0 Å². The average molecular weight is 381 g/mol. The molecule has 1 fully saturated rings. The van der Waals surface area contributed by atoms with Crippen molar-refractivity contribution in [1.82, 2.24) is 9.80 Å². The Hall–Kier alpha value is -2.57. The lowest BCUT2D eigenvalue weighted by molar-refractivity contribution is -0.121. The molecule has 2 aromatic carbocycles. The van der Waals surface area contributed by atoms with E-state index in [2.05, 4.69) is 46.3 Å². The van der Waals surface area contributed by atoms with Crippen LogP contribution >= 0.6 is 0 Å². The first-order valence-corrected chi connectivity index (χ1v) is 9.81. The number of piperazine rings is 1. The maximum atomic E-state index is 12.7. The molecule has 1 atom stereocenters. The molecule has 0 aromatic heterocycles. The first-order valence-electron chi connectivity index (χ1n) is 9.81. The summed E-state index contributed by atoms with van der Waals surface area (Å²) in [6, 6.07) is 13.8. The van der Waals surface area contributed by atoms with Crippen molar-refractivity contribution in [3.63, 3.8) is 0 Å². The number of rotatable bonds is 5. The minimum absolute atomic E-state index is 0.00576. The number of amides is 1. The van der Waals surface area contributed by atoms with Crippen LogP contribution in [0.25, 0.3) is 0 Å². The van der Waals surface area contributed by atoms with E-state index in [1.807, 2.05) is 25.1 Å². The number of aryl methyl sites for hydroxylation is 1. The second-order valence-electron chi connectivity index (χ2n) is 7.47. The summed E-state index contributed by atoms with van der Waals surface area (Å²) in [5.74, 6) is 1.40. The number of nitrogens with one attached hydrogen (secondary N) is 1. The summed E-state index contributed by atoms with van der Waals surface area (Å²) in [7, 11) is 0. The van der Waals surface area contributed by atoms with Gasteiger partial charge < -0.3 is 14.8 Å². The second kappa shape index (κ2) is 8.20. The maximum absolute atomic E-state index is 12.7. The molecule has 1 N–H and O–H groups in total. The van der Waals surface area contributed by atoms with Crippen molar-refractivity contribution in [2.45, 2.75) is 26.4 Å². The van der Waals surface area contributed by atoms with Crippen LogP contribution in [0.2, 0.25) is 0 Å². The van der Waals surface area contributed by atoms with E-state index in [9.17, 15) is 4.79 Å². The van der Waals surface area contributed by atoms with Gasteiger partial charge in [-0.15, -0.1) is 0 Å². The number of fused-ring (bicyclic) bond motifs is 1. The molecule has 4 rings (SSSR count). The number of hydrogen-bond donors (Lipinski definition) is 1. The Morgan fingerprint density at radius 2 is 1.82 bits per heavy atom. The third-order valence-corrected chi connectivity index (χ3v) is 5.63. The first-order chi connectivity index (χ1) is 13.6. The van der Waals surface area contributed by atoms with Crippen LogP contribution in [-0.4, -0.2) is 54.7 Å². The van der Waals surface area contributed by atoms with Gasteiger partial charge in [-0.25, -0.2) is 0 Å². The van der Waals surface area contributed by atoms with Crippen LogP contribution in [0.4, 0.5) is 5.69 Å². The fraction of sp³-hybridized carbons (Fsp3) is 0.409. The van der Waals surface area contributed by atoms with Gasteiger partial charge in [0.1, 0.15) is 0 Å². The fourth-order valence-corrected chi connectivity index (χ4v) is 3.72. The summed E-state index contributed by atoms with van der Waals surface area (Å²) < 4.78 is 10.7. The SMILES string of the molecule is Cc1ccccc1CN1CCN(C(C)C(=O)Nc2ccc3c(c2)OCO3)CC1. The molecule has 6 heteroatoms. The van der Waals surface area contributed by atoms with E-state index in [1.54, 1.807) is 0 Å². The van der Waals surface area contributed by atoms with Gasteiger partial charge in [-0.2, -0.15) is 0 Å². The Kier molecular flexibility index (Phi) is 5.50. The molecule has 2 aromatic rings. The van der Waals surface area contributed by atoms with Crippen molar-refractivity contribution in [3.8, 4) is 11.5 Å². The third kappa shape index (κ3) is 4.13. The number of anilines is 1. The molecule has 0 bridgehead atoms. The van der Waals surface area contributed by atoms with Gasteiger partial charge in [-0.05, 0) is 37.1 Å². The minimum atomic E-state index is -0.175. The third-order valence-electron chi connectivity index (χ3n) is 5.63. The van der Waals surface area contributed by atoms with Gasteiger partial charge >= 0.3 is 0 Å². The number of ether oxygens (including phenoxy) is 2. The Bertz CT molecular complexity index is 847. The smallest absolute Gasteiger partial charge is 0.241 e. The summed E-state index contributed by atoms with van der Waals surface area (Å²) in [4.78, 5) is 17.4. The molecule has 1 unspecified atom stereocenters. The fourth-order valence-electron chi connectivity index (χ4n) is 3.72. The monoisotopic (exact) mass is 381 g/mol. The van der Waals surface area contributed by atoms with Crippen LogP contribution in [-0.2, 0) is 11.3 Å². The largest absolute Gasteiger partial charge is 0.454 e. The van der Waals surface area contributed by atoms with Gasteiger partial charge in [0.15, 0.2) is 11.5 Å². The molecule has 1 saturated heterocycles. The minimum Gasteiger partial charge on any atom is -0.454 e. The van der Waals surface area contributed by atoms with Crippen LogP contribution in [0, 0.1) is 6.92 Å². The van der Waals surface area contributed by atoms with Gasteiger partial charge in [0.2, 0.25) is 12.7 Å². The highest BCUT2D eigenvalue weighted by Crippen LogP contribution is 2.34. The average Bonchev–Trinajstić information content (AvgIpc) is 3.17. The first kappa shape index (κ1) is 18.8. The van der Waals surface area contributed by atoms with E-state index >= 15 is 0 Å². The lowest BCUT2D eigenvalue weighted by Crippen LogP contribution is -2.52. The van der Waals surface area contributed by atoms with Gasteiger partial charge in [0.25, 0.3) is 0 Å². The van der Waals surface area contributed by atoms with Crippen molar-refractivity contribution in [2.75, 3.05) is 38.3 Å². The molecule has 6 nitrogen and oxygen atoms in total. The zero-order valence-electron chi connectivity index (χ0n) is 16.5. The normalized spacial score (nSPS) is 18.1. The topological polar surface area (TPSA) is 54.0 Å². The van der Waals surface area contributed by atoms with E-state index in [0.717, 1.165) is 44.2 Å². The van der Waals surface area contributed by atoms with Crippen LogP contribution in [0.5, 0.6) is 11.5 Å². The number of nitrogens with zero attached hydrogens (tertiary/aromatic N) is 2. The quantitative estimate of drug-likeness (QED) is 0.863. The molecule has 2 aliphatic heterocycles. The van der Waals surface area contributed by atoms with E-state index in [1.165, 1.54) is 11.1 Å². The van der Waals surface area contributed by atoms with Crippen molar-refractivity contribution < 1.29 is 14.3 Å². The Morgan fingerprint density at radius 3 is 2.61 bits per heavy atom. The van der Waals surface area contributed by atoms with Crippen molar-refractivity contribution >= 4 is 11.6 Å². The summed E-state index contributed by atoms with van der Waals surface area (Å²) >= 11 is 0. The van der Waals surface area contributed by atoms with Crippen LogP contribution in [0.15, 0.2) is 42.5 Å². The molecule has 0 spiro atoms. The Labute approximate surface area is 166 Å². The molecule has 28 heavy (non-hydrogen) atoms. The summed E-state index contributed by atoms with van der Waals surface area (Å²) in [5.41, 5.74) is 3.45. The van der Waals surface area contributed by atoms with Gasteiger partial charge in [-0.3, -0.25) is 14.6 Å². The lowest BCUT2D eigenvalue weighted by atomic mass is 10.1. The number of benzene rings is 2. The van der Waals surface area contributed by atoms with Crippen LogP contribution in [0.1, 0.15) is 18.1 Å². The number of hydrogen-bond acceptors (Lipinski definition) is 5. The van der Waals surface area contributed by atoms with Crippen LogP contribution in [0.3, 0.4) is 0 Å². The Balaban J connectivity index is 1.29. The molecule has 0 saturated carbocycles. The highest BCUT2D eigenvalue weighted by molar-refractivity contribution is 5.94. The molecule has 1 amide bonds. The number of carbonyl (C=O) groups excluding carboxylic acids is 1. The van der Waals surface area contributed by atoms with E-state index in [0.29, 0.717) is 5.75 Å². The Morgan fingerprint density at radius 1 is 1.07 bits per heavy atom. The molecule has 0 aliphatic carbocycles. The molecular formula is C22H27N3O3. The molecular weight excluding hydrogens is 354 g/mol. The molecule has 0 radical (unpaired) electrons. The standard InChI is InChI=1S/C22H27N3O3/c1-16-5-3-4-6-18(16)14-24-9-11-25(12-10-24)17(2)22(26)23-19-7-8-20-21(13-19)28-15-27-20/h3-8,13,17H,9-12,14-15H2,1-2H3,(H,23,26). The number of carbonyl (C=O) groups is 1. The highest BCUT2D eigenvalue weighted by Gasteiger charge is 2.26. The van der Waals surface area contributed by atoms with Crippen molar-refractivity contribution in [2.24, 2.45) is 0 Å². The summed E-state index contributed by atoms with van der Waals surface area (Å²) in [6.07, 6.45) is 0. The van der Waals surface area contributed by atoms with E-state index in [4.69, 9.17) is 9.47 Å². The molecule has 148 valence electrons. The summed E-state index contributed by atoms with van der Waals surface area (Å²) in [5, 5.41) is 3.00. The predicted molar refractivity (Wildman–Crippen MR) is 109 cm³/mol. The van der Waals surface area contributed by atoms with Gasteiger partial charge in [-0.1, -0.05) is 24.3 Å². The highest BCUT2D eigenvalue weighted by atomic mass is 16.7. The lowest BCUT2D eigenvalue weighted by Gasteiger charge is -2.37. The maximum Gasteiger partial charge on any atom is 0.241 e. The second-order valence-corrected chi connectivity index (χ2v) is 7.47. The zero-order valence-corrected chi connectivity index (χ0v) is 16.5. The van der Waals surface area contributed by atoms with Crippen LogP contribution < -0.4 is 14.8 Å². The van der Waals surface area contributed by atoms with Gasteiger partial charge in [0.05, 0.1) is 6.04 Å². The molecule has 2 aliphatic rings. The van der Waals surface area contributed by atoms with Crippen molar-refractivity contribution in [3.05, 3.63) is 53.6 Å².